The molecule has 0 bridgehead atoms. The van der Waals surface area contributed by atoms with Gasteiger partial charge in [-0.25, -0.2) is 0 Å². The average molecular weight is 285 g/mol. The van der Waals surface area contributed by atoms with Gasteiger partial charge in [-0.3, -0.25) is 4.79 Å². The highest BCUT2D eigenvalue weighted by Gasteiger charge is 2.35. The molecule has 0 aliphatic heterocycles. The first kappa shape index (κ1) is 14.4. The van der Waals surface area contributed by atoms with Crippen LogP contribution in [-0.2, 0) is 6.54 Å². The highest BCUT2D eigenvalue weighted by Crippen LogP contribution is 2.29. The summed E-state index contributed by atoms with van der Waals surface area (Å²) < 4.78 is 1.87. The van der Waals surface area contributed by atoms with Crippen molar-refractivity contribution in [2.75, 3.05) is 6.61 Å². The largest absolute Gasteiger partial charge is 0.394 e. The highest BCUT2D eigenvalue weighted by molar-refractivity contribution is 6.31. The van der Waals surface area contributed by atoms with Gasteiger partial charge in [0, 0.05) is 12.7 Å². The third kappa shape index (κ3) is 3.12. The van der Waals surface area contributed by atoms with E-state index in [1.54, 1.807) is 12.3 Å². The molecule has 1 aliphatic carbocycles. The maximum absolute atomic E-state index is 12.4. The van der Waals surface area contributed by atoms with Crippen LogP contribution in [0.2, 0.25) is 5.02 Å². The van der Waals surface area contributed by atoms with Crippen LogP contribution >= 0.6 is 11.6 Å². The Morgan fingerprint density at radius 3 is 2.79 bits per heavy atom. The number of nitrogens with one attached hydrogen (secondary N) is 1. The first-order valence-electron chi connectivity index (χ1n) is 6.89. The molecule has 0 aromatic carbocycles. The number of aliphatic hydroxyl groups excluding tert-OH is 1. The lowest BCUT2D eigenvalue weighted by Gasteiger charge is -2.28. The number of amides is 1. The molecule has 0 atom stereocenters. The number of hydrogen-bond acceptors (Lipinski definition) is 2. The zero-order valence-electron chi connectivity index (χ0n) is 11.3. The number of nitrogens with zero attached hydrogens (tertiary/aromatic N) is 1. The Kier molecular flexibility index (Phi) is 4.53. The van der Waals surface area contributed by atoms with E-state index in [2.05, 4.69) is 12.2 Å². The summed E-state index contributed by atoms with van der Waals surface area (Å²) in [6.07, 6.45) is 6.51. The molecular formula is C14H21ClN2O2. The number of aliphatic hydroxyl groups is 1. The summed E-state index contributed by atoms with van der Waals surface area (Å²) >= 11 is 5.98. The van der Waals surface area contributed by atoms with Crippen LogP contribution in [0.25, 0.3) is 0 Å². The van der Waals surface area contributed by atoms with Crippen LogP contribution in [0.5, 0.6) is 0 Å². The Morgan fingerprint density at radius 2 is 2.21 bits per heavy atom. The molecule has 4 nitrogen and oxygen atoms in total. The summed E-state index contributed by atoms with van der Waals surface area (Å²) in [5.74, 6) is -0.142. The Morgan fingerprint density at radius 1 is 1.53 bits per heavy atom. The van der Waals surface area contributed by atoms with Crippen LogP contribution in [0.3, 0.4) is 0 Å². The van der Waals surface area contributed by atoms with E-state index >= 15 is 0 Å². The Balaban J connectivity index is 2.15. The topological polar surface area (TPSA) is 54.3 Å². The maximum Gasteiger partial charge on any atom is 0.268 e. The summed E-state index contributed by atoms with van der Waals surface area (Å²) in [5.41, 5.74) is 0.136. The lowest BCUT2D eigenvalue weighted by Crippen LogP contribution is -2.49. The number of hydrogen-bond donors (Lipinski definition) is 2. The smallest absolute Gasteiger partial charge is 0.268 e. The molecule has 2 N–H and O–H groups in total. The van der Waals surface area contributed by atoms with Gasteiger partial charge in [-0.1, -0.05) is 31.4 Å². The molecule has 0 saturated heterocycles. The van der Waals surface area contributed by atoms with Crippen molar-refractivity contribution in [3.63, 3.8) is 0 Å². The zero-order chi connectivity index (χ0) is 13.9. The first-order valence-corrected chi connectivity index (χ1v) is 7.27. The van der Waals surface area contributed by atoms with Gasteiger partial charge in [0.15, 0.2) is 0 Å². The van der Waals surface area contributed by atoms with Gasteiger partial charge in [0.05, 0.1) is 17.2 Å². The molecule has 1 aromatic rings. The zero-order valence-corrected chi connectivity index (χ0v) is 12.0. The van der Waals surface area contributed by atoms with Gasteiger partial charge in [-0.2, -0.15) is 0 Å². The monoisotopic (exact) mass is 284 g/mol. The van der Waals surface area contributed by atoms with Crippen LogP contribution in [0.15, 0.2) is 12.3 Å². The second kappa shape index (κ2) is 5.97. The number of rotatable bonds is 5. The summed E-state index contributed by atoms with van der Waals surface area (Å²) in [6.45, 7) is 2.82. The molecule has 2 rings (SSSR count). The van der Waals surface area contributed by atoms with E-state index in [1.165, 1.54) is 0 Å². The predicted octanol–water partition coefficient (Wildman–Crippen LogP) is 2.59. The van der Waals surface area contributed by atoms with Gasteiger partial charge >= 0.3 is 0 Å². The van der Waals surface area contributed by atoms with Crippen LogP contribution in [-0.4, -0.2) is 27.7 Å². The fraction of sp³-hybridized carbons (Fsp3) is 0.643. The second-order valence-corrected chi connectivity index (χ2v) is 5.77. The van der Waals surface area contributed by atoms with Crippen molar-refractivity contribution in [3.05, 3.63) is 23.0 Å². The molecule has 0 radical (unpaired) electrons. The minimum atomic E-state index is -0.440. The third-order valence-electron chi connectivity index (χ3n) is 3.80. The lowest BCUT2D eigenvalue weighted by atomic mass is 9.99. The maximum atomic E-state index is 12.4. The quantitative estimate of drug-likeness (QED) is 0.873. The molecule has 1 aromatic heterocycles. The number of carbonyl (C=O) groups excluding carboxylic acids is 1. The van der Waals surface area contributed by atoms with Crippen molar-refractivity contribution in [2.45, 2.75) is 51.1 Å². The predicted molar refractivity (Wildman–Crippen MR) is 75.5 cm³/mol. The fourth-order valence-electron chi connectivity index (χ4n) is 2.77. The fourth-order valence-corrected chi connectivity index (χ4v) is 2.99. The Labute approximate surface area is 118 Å². The van der Waals surface area contributed by atoms with Crippen LogP contribution in [0, 0.1) is 0 Å². The Hall–Kier alpha value is -1.00. The molecule has 1 aliphatic rings. The van der Waals surface area contributed by atoms with E-state index in [0.29, 0.717) is 10.7 Å². The van der Waals surface area contributed by atoms with Gasteiger partial charge in [0.2, 0.25) is 0 Å². The van der Waals surface area contributed by atoms with Crippen LogP contribution < -0.4 is 5.32 Å². The molecule has 106 valence electrons. The molecule has 1 saturated carbocycles. The first-order chi connectivity index (χ1) is 9.10. The van der Waals surface area contributed by atoms with E-state index < -0.39 is 5.54 Å². The average Bonchev–Trinajstić information content (AvgIpc) is 2.97. The molecule has 19 heavy (non-hydrogen) atoms. The van der Waals surface area contributed by atoms with Crippen molar-refractivity contribution < 1.29 is 9.90 Å². The number of aryl methyl sites for hydroxylation is 1. The molecule has 1 heterocycles. The van der Waals surface area contributed by atoms with Gasteiger partial charge in [-0.15, -0.1) is 0 Å². The molecule has 0 unspecified atom stereocenters. The van der Waals surface area contributed by atoms with Crippen molar-refractivity contribution in [2.24, 2.45) is 0 Å². The van der Waals surface area contributed by atoms with E-state index in [-0.39, 0.29) is 12.5 Å². The van der Waals surface area contributed by atoms with Gasteiger partial charge in [0.1, 0.15) is 5.69 Å². The van der Waals surface area contributed by atoms with E-state index in [0.717, 1.165) is 38.6 Å². The number of carbonyl (C=O) groups is 1. The van der Waals surface area contributed by atoms with Gasteiger partial charge < -0.3 is 15.0 Å². The molecule has 1 amide bonds. The second-order valence-electron chi connectivity index (χ2n) is 5.34. The summed E-state index contributed by atoms with van der Waals surface area (Å²) in [6, 6.07) is 1.69. The van der Waals surface area contributed by atoms with Gasteiger partial charge in [-0.05, 0) is 25.3 Å². The van der Waals surface area contributed by atoms with Crippen LogP contribution in [0.4, 0.5) is 0 Å². The molecule has 0 spiro atoms. The lowest BCUT2D eigenvalue weighted by molar-refractivity contribution is 0.0829. The molecular weight excluding hydrogens is 264 g/mol. The van der Waals surface area contributed by atoms with Crippen molar-refractivity contribution >= 4 is 17.5 Å². The summed E-state index contributed by atoms with van der Waals surface area (Å²) in [7, 11) is 0. The normalized spacial score (nSPS) is 17.6. The third-order valence-corrected chi connectivity index (χ3v) is 4.01. The SMILES string of the molecule is CCCn1cc(Cl)cc1C(=O)NC1(CO)CCCC1. The summed E-state index contributed by atoms with van der Waals surface area (Å²) in [5, 5.41) is 13.1. The molecule has 1 fully saturated rings. The van der Waals surface area contributed by atoms with Crippen molar-refractivity contribution in [1.29, 1.82) is 0 Å². The Bertz CT molecular complexity index is 450. The van der Waals surface area contributed by atoms with Crippen LogP contribution in [0.1, 0.15) is 49.5 Å². The number of halogens is 1. The standard InChI is InChI=1S/C14H21ClN2O2/c1-2-7-17-9-11(15)8-12(17)13(19)16-14(10-18)5-3-4-6-14/h8-9,18H,2-7,10H2,1H3,(H,16,19). The van der Waals surface area contributed by atoms with Gasteiger partial charge in [0.25, 0.3) is 5.91 Å². The highest BCUT2D eigenvalue weighted by atomic mass is 35.5. The van der Waals surface area contributed by atoms with E-state index in [1.807, 2.05) is 4.57 Å². The van der Waals surface area contributed by atoms with Crippen molar-refractivity contribution in [1.82, 2.24) is 9.88 Å². The van der Waals surface area contributed by atoms with E-state index in [9.17, 15) is 9.90 Å². The van der Waals surface area contributed by atoms with Crippen molar-refractivity contribution in [3.8, 4) is 0 Å². The number of aromatic nitrogens is 1. The minimum Gasteiger partial charge on any atom is -0.394 e. The minimum absolute atomic E-state index is 0.000951. The molecule has 5 heteroatoms. The van der Waals surface area contributed by atoms with E-state index in [4.69, 9.17) is 11.6 Å². The summed E-state index contributed by atoms with van der Waals surface area (Å²) in [4.78, 5) is 12.4.